The first kappa shape index (κ1) is 9.97. The SMILES string of the molecule is CC1CCCCC1N1CCNC(=O)C1. The van der Waals surface area contributed by atoms with Gasteiger partial charge in [0, 0.05) is 19.1 Å². The molecule has 0 radical (unpaired) electrons. The Morgan fingerprint density at radius 3 is 2.86 bits per heavy atom. The molecule has 0 aromatic carbocycles. The molecule has 0 bridgehead atoms. The Balaban J connectivity index is 1.94. The van der Waals surface area contributed by atoms with Gasteiger partial charge < -0.3 is 5.32 Å². The van der Waals surface area contributed by atoms with Crippen molar-refractivity contribution >= 4 is 5.91 Å². The number of piperazine rings is 1. The van der Waals surface area contributed by atoms with Gasteiger partial charge in [-0.1, -0.05) is 19.8 Å². The van der Waals surface area contributed by atoms with Gasteiger partial charge in [-0.2, -0.15) is 0 Å². The predicted molar refractivity (Wildman–Crippen MR) is 56.0 cm³/mol. The van der Waals surface area contributed by atoms with Crippen molar-refractivity contribution in [2.75, 3.05) is 19.6 Å². The van der Waals surface area contributed by atoms with E-state index in [4.69, 9.17) is 0 Å². The van der Waals surface area contributed by atoms with Gasteiger partial charge in [-0.3, -0.25) is 9.69 Å². The lowest BCUT2D eigenvalue weighted by atomic mass is 9.84. The molecule has 2 fully saturated rings. The van der Waals surface area contributed by atoms with Crippen LogP contribution in [0.25, 0.3) is 0 Å². The first-order valence-corrected chi connectivity index (χ1v) is 5.78. The molecule has 3 nitrogen and oxygen atoms in total. The quantitative estimate of drug-likeness (QED) is 0.678. The van der Waals surface area contributed by atoms with Gasteiger partial charge in [0.05, 0.1) is 6.54 Å². The molecule has 1 heterocycles. The topological polar surface area (TPSA) is 32.3 Å². The van der Waals surface area contributed by atoms with E-state index in [1.165, 1.54) is 25.7 Å². The highest BCUT2D eigenvalue weighted by Crippen LogP contribution is 2.28. The molecule has 14 heavy (non-hydrogen) atoms. The molecule has 0 aromatic heterocycles. The number of amides is 1. The minimum absolute atomic E-state index is 0.203. The van der Waals surface area contributed by atoms with E-state index in [0.29, 0.717) is 12.6 Å². The first-order chi connectivity index (χ1) is 6.77. The van der Waals surface area contributed by atoms with Crippen molar-refractivity contribution in [3.63, 3.8) is 0 Å². The second-order valence-electron chi connectivity index (χ2n) is 4.65. The molecule has 2 unspecified atom stereocenters. The van der Waals surface area contributed by atoms with Crippen LogP contribution < -0.4 is 5.32 Å². The lowest BCUT2D eigenvalue weighted by Crippen LogP contribution is -2.53. The Morgan fingerprint density at radius 2 is 2.14 bits per heavy atom. The maximum Gasteiger partial charge on any atom is 0.234 e. The van der Waals surface area contributed by atoms with Crippen LogP contribution in [0, 0.1) is 5.92 Å². The largest absolute Gasteiger partial charge is 0.354 e. The summed E-state index contributed by atoms with van der Waals surface area (Å²) in [6.45, 7) is 4.83. The van der Waals surface area contributed by atoms with Gasteiger partial charge in [0.1, 0.15) is 0 Å². The molecule has 1 saturated carbocycles. The normalized spacial score (nSPS) is 35.4. The van der Waals surface area contributed by atoms with Crippen molar-refractivity contribution < 1.29 is 4.79 Å². The van der Waals surface area contributed by atoms with Crippen LogP contribution in [0.1, 0.15) is 32.6 Å². The summed E-state index contributed by atoms with van der Waals surface area (Å²) in [5.41, 5.74) is 0. The molecule has 0 aromatic rings. The van der Waals surface area contributed by atoms with Crippen LogP contribution in [0.3, 0.4) is 0 Å². The van der Waals surface area contributed by atoms with Crippen molar-refractivity contribution in [3.8, 4) is 0 Å². The summed E-state index contributed by atoms with van der Waals surface area (Å²) >= 11 is 0. The number of rotatable bonds is 1. The Kier molecular flexibility index (Phi) is 3.06. The van der Waals surface area contributed by atoms with Crippen molar-refractivity contribution in [2.24, 2.45) is 5.92 Å². The lowest BCUT2D eigenvalue weighted by molar-refractivity contribution is -0.125. The van der Waals surface area contributed by atoms with E-state index >= 15 is 0 Å². The second-order valence-corrected chi connectivity index (χ2v) is 4.65. The van der Waals surface area contributed by atoms with Crippen molar-refractivity contribution in [2.45, 2.75) is 38.6 Å². The summed E-state index contributed by atoms with van der Waals surface area (Å²) in [6.07, 6.45) is 5.34. The highest BCUT2D eigenvalue weighted by molar-refractivity contribution is 5.78. The van der Waals surface area contributed by atoms with Gasteiger partial charge in [0.2, 0.25) is 5.91 Å². The van der Waals surface area contributed by atoms with E-state index in [0.717, 1.165) is 19.0 Å². The maximum atomic E-state index is 11.3. The standard InChI is InChI=1S/C11H20N2O/c1-9-4-2-3-5-10(9)13-7-6-12-11(14)8-13/h9-10H,2-8H2,1H3,(H,12,14). The molecule has 1 saturated heterocycles. The number of hydrogen-bond acceptors (Lipinski definition) is 2. The van der Waals surface area contributed by atoms with Gasteiger partial charge >= 0.3 is 0 Å². The van der Waals surface area contributed by atoms with Gasteiger partial charge in [-0.25, -0.2) is 0 Å². The molecule has 80 valence electrons. The van der Waals surface area contributed by atoms with Crippen LogP contribution >= 0.6 is 0 Å². The molecule has 3 heteroatoms. The number of carbonyl (C=O) groups excluding carboxylic acids is 1. The van der Waals surface area contributed by atoms with E-state index in [2.05, 4.69) is 17.1 Å². The molecule has 0 spiro atoms. The van der Waals surface area contributed by atoms with E-state index in [1.54, 1.807) is 0 Å². The Morgan fingerprint density at radius 1 is 1.36 bits per heavy atom. The molecular weight excluding hydrogens is 176 g/mol. The molecule has 1 N–H and O–H groups in total. The Bertz CT molecular complexity index is 217. The molecule has 1 aliphatic heterocycles. The summed E-state index contributed by atoms with van der Waals surface area (Å²) in [5, 5.41) is 2.89. The predicted octanol–water partition coefficient (Wildman–Crippen LogP) is 0.997. The van der Waals surface area contributed by atoms with E-state index in [9.17, 15) is 4.79 Å². The Labute approximate surface area is 85.8 Å². The summed E-state index contributed by atoms with van der Waals surface area (Å²) < 4.78 is 0. The highest BCUT2D eigenvalue weighted by Gasteiger charge is 2.29. The average molecular weight is 196 g/mol. The zero-order chi connectivity index (χ0) is 9.97. The second kappa shape index (κ2) is 4.30. The smallest absolute Gasteiger partial charge is 0.234 e. The number of carbonyl (C=O) groups is 1. The summed E-state index contributed by atoms with van der Waals surface area (Å²) in [7, 11) is 0. The van der Waals surface area contributed by atoms with Gasteiger partial charge in [-0.05, 0) is 18.8 Å². The van der Waals surface area contributed by atoms with Gasteiger partial charge in [-0.15, -0.1) is 0 Å². The lowest BCUT2D eigenvalue weighted by Gasteiger charge is -2.40. The molecule has 2 atom stereocenters. The summed E-state index contributed by atoms with van der Waals surface area (Å²) in [4.78, 5) is 13.6. The monoisotopic (exact) mass is 196 g/mol. The molecule has 2 rings (SSSR count). The number of nitrogens with one attached hydrogen (secondary N) is 1. The molecule has 2 aliphatic rings. The van der Waals surface area contributed by atoms with Crippen LogP contribution in [0.5, 0.6) is 0 Å². The van der Waals surface area contributed by atoms with Crippen LogP contribution in [0.15, 0.2) is 0 Å². The van der Waals surface area contributed by atoms with Crippen molar-refractivity contribution in [3.05, 3.63) is 0 Å². The summed E-state index contributed by atoms with van der Waals surface area (Å²) in [5.74, 6) is 0.976. The fourth-order valence-electron chi connectivity index (χ4n) is 2.78. The van der Waals surface area contributed by atoms with Crippen LogP contribution in [0.4, 0.5) is 0 Å². The van der Waals surface area contributed by atoms with Gasteiger partial charge in [0.25, 0.3) is 0 Å². The van der Waals surface area contributed by atoms with E-state index < -0.39 is 0 Å². The molecule has 1 aliphatic carbocycles. The third-order valence-electron chi connectivity index (χ3n) is 3.60. The third-order valence-corrected chi connectivity index (χ3v) is 3.60. The van der Waals surface area contributed by atoms with Crippen LogP contribution in [-0.2, 0) is 4.79 Å². The zero-order valence-electron chi connectivity index (χ0n) is 8.96. The Hall–Kier alpha value is -0.570. The van der Waals surface area contributed by atoms with Crippen molar-refractivity contribution in [1.29, 1.82) is 0 Å². The van der Waals surface area contributed by atoms with E-state index in [1.807, 2.05) is 0 Å². The number of nitrogens with zero attached hydrogens (tertiary/aromatic N) is 1. The van der Waals surface area contributed by atoms with Crippen LogP contribution in [0.2, 0.25) is 0 Å². The maximum absolute atomic E-state index is 11.3. The fourth-order valence-corrected chi connectivity index (χ4v) is 2.78. The van der Waals surface area contributed by atoms with Crippen LogP contribution in [-0.4, -0.2) is 36.5 Å². The zero-order valence-corrected chi connectivity index (χ0v) is 8.96. The average Bonchev–Trinajstić information content (AvgIpc) is 2.18. The minimum atomic E-state index is 0.203. The summed E-state index contributed by atoms with van der Waals surface area (Å²) in [6, 6.07) is 0.662. The minimum Gasteiger partial charge on any atom is -0.354 e. The molecule has 1 amide bonds. The first-order valence-electron chi connectivity index (χ1n) is 5.78. The fraction of sp³-hybridized carbons (Fsp3) is 0.909. The number of hydrogen-bond donors (Lipinski definition) is 1. The van der Waals surface area contributed by atoms with E-state index in [-0.39, 0.29) is 5.91 Å². The van der Waals surface area contributed by atoms with Gasteiger partial charge in [0.15, 0.2) is 0 Å². The molecular formula is C11H20N2O. The third kappa shape index (κ3) is 2.08. The van der Waals surface area contributed by atoms with Crippen molar-refractivity contribution in [1.82, 2.24) is 10.2 Å². The highest BCUT2D eigenvalue weighted by atomic mass is 16.2.